The van der Waals surface area contributed by atoms with Crippen molar-refractivity contribution < 1.29 is 0 Å². The van der Waals surface area contributed by atoms with Crippen molar-refractivity contribution in [3.05, 3.63) is 29.8 Å². The molecule has 1 aromatic carbocycles. The molecular formula is C16H26N2. The third-order valence-electron chi connectivity index (χ3n) is 3.75. The van der Waals surface area contributed by atoms with E-state index in [-0.39, 0.29) is 5.41 Å². The average molecular weight is 246 g/mol. The van der Waals surface area contributed by atoms with Gasteiger partial charge >= 0.3 is 0 Å². The molecule has 100 valence electrons. The number of rotatable bonds is 2. The molecule has 0 amide bonds. The highest BCUT2D eigenvalue weighted by Crippen LogP contribution is 2.24. The molecule has 1 aromatic rings. The molecule has 0 aliphatic carbocycles. The Hall–Kier alpha value is -1.02. The fourth-order valence-corrected chi connectivity index (χ4v) is 2.59. The van der Waals surface area contributed by atoms with Gasteiger partial charge < -0.3 is 10.2 Å². The lowest BCUT2D eigenvalue weighted by molar-refractivity contribution is 0.261. The summed E-state index contributed by atoms with van der Waals surface area (Å²) in [7, 11) is 2.20. The van der Waals surface area contributed by atoms with Gasteiger partial charge in [-0.1, -0.05) is 32.9 Å². The lowest BCUT2D eigenvalue weighted by Crippen LogP contribution is -2.39. The van der Waals surface area contributed by atoms with Gasteiger partial charge in [0, 0.05) is 18.3 Å². The molecule has 1 aliphatic heterocycles. The van der Waals surface area contributed by atoms with E-state index in [4.69, 9.17) is 0 Å². The minimum Gasteiger partial charge on any atom is -0.381 e. The first-order valence-electron chi connectivity index (χ1n) is 7.01. The molecule has 1 saturated heterocycles. The summed E-state index contributed by atoms with van der Waals surface area (Å²) in [4.78, 5) is 2.41. The molecule has 1 fully saturated rings. The molecule has 1 aliphatic rings. The number of anilines is 1. The molecule has 0 aromatic heterocycles. The molecule has 0 saturated carbocycles. The lowest BCUT2D eigenvalue weighted by Gasteiger charge is -2.31. The fourth-order valence-electron chi connectivity index (χ4n) is 2.59. The van der Waals surface area contributed by atoms with Crippen LogP contribution in [-0.2, 0) is 5.41 Å². The first-order valence-corrected chi connectivity index (χ1v) is 7.01. The first-order chi connectivity index (χ1) is 8.45. The van der Waals surface area contributed by atoms with Crippen molar-refractivity contribution in [2.45, 2.75) is 45.1 Å². The number of piperidine rings is 1. The van der Waals surface area contributed by atoms with Crippen molar-refractivity contribution in [3.8, 4) is 0 Å². The van der Waals surface area contributed by atoms with Gasteiger partial charge in [0.05, 0.1) is 0 Å². The third kappa shape index (κ3) is 3.49. The minimum atomic E-state index is 0.240. The van der Waals surface area contributed by atoms with E-state index in [1.807, 2.05) is 0 Å². The molecule has 0 spiro atoms. The summed E-state index contributed by atoms with van der Waals surface area (Å²) < 4.78 is 0. The maximum absolute atomic E-state index is 3.65. The highest BCUT2D eigenvalue weighted by atomic mass is 15.1. The van der Waals surface area contributed by atoms with Crippen LogP contribution >= 0.6 is 0 Å². The van der Waals surface area contributed by atoms with Crippen LogP contribution in [0.2, 0.25) is 0 Å². The second-order valence-electron chi connectivity index (χ2n) is 6.57. The van der Waals surface area contributed by atoms with E-state index in [1.165, 1.54) is 30.6 Å². The van der Waals surface area contributed by atoms with Crippen LogP contribution in [0.5, 0.6) is 0 Å². The zero-order valence-corrected chi connectivity index (χ0v) is 12.2. The minimum absolute atomic E-state index is 0.240. The van der Waals surface area contributed by atoms with Gasteiger partial charge in [0.15, 0.2) is 0 Å². The molecule has 0 radical (unpaired) electrons. The maximum Gasteiger partial charge on any atom is 0.0388 e. The van der Waals surface area contributed by atoms with Gasteiger partial charge in [-0.25, -0.2) is 0 Å². The predicted molar refractivity (Wildman–Crippen MR) is 79.3 cm³/mol. The largest absolute Gasteiger partial charge is 0.381 e. The molecule has 1 N–H and O–H groups in total. The standard InChI is InChI=1S/C16H26N2/c1-16(2,3)13-7-9-14(10-8-13)17-15-6-5-11-18(4)12-15/h7-10,15,17H,5-6,11-12H2,1-4H3. The topological polar surface area (TPSA) is 15.3 Å². The number of likely N-dealkylation sites (tertiary alicyclic amines) is 1. The SMILES string of the molecule is CN1CCCC(Nc2ccc(C(C)(C)C)cc2)C1. The Morgan fingerprint density at radius 3 is 2.39 bits per heavy atom. The lowest BCUT2D eigenvalue weighted by atomic mass is 9.87. The van der Waals surface area contributed by atoms with Crippen LogP contribution in [0.4, 0.5) is 5.69 Å². The smallest absolute Gasteiger partial charge is 0.0388 e. The van der Waals surface area contributed by atoms with Crippen LogP contribution in [0, 0.1) is 0 Å². The molecule has 1 heterocycles. The quantitative estimate of drug-likeness (QED) is 0.859. The fraction of sp³-hybridized carbons (Fsp3) is 0.625. The first kappa shape index (κ1) is 13.4. The highest BCUT2D eigenvalue weighted by Gasteiger charge is 2.17. The summed E-state index contributed by atoms with van der Waals surface area (Å²) in [6.45, 7) is 9.16. The van der Waals surface area contributed by atoms with Crippen LogP contribution in [-0.4, -0.2) is 31.1 Å². The van der Waals surface area contributed by atoms with Gasteiger partial charge in [0.2, 0.25) is 0 Å². The second-order valence-corrected chi connectivity index (χ2v) is 6.57. The highest BCUT2D eigenvalue weighted by molar-refractivity contribution is 5.46. The van der Waals surface area contributed by atoms with E-state index in [1.54, 1.807) is 0 Å². The van der Waals surface area contributed by atoms with Gasteiger partial charge in [-0.3, -0.25) is 0 Å². The molecule has 2 nitrogen and oxygen atoms in total. The van der Waals surface area contributed by atoms with E-state index in [0.717, 1.165) is 6.54 Å². The number of likely N-dealkylation sites (N-methyl/N-ethyl adjacent to an activating group) is 1. The summed E-state index contributed by atoms with van der Waals surface area (Å²) in [6, 6.07) is 9.53. The van der Waals surface area contributed by atoms with Crippen LogP contribution in [0.25, 0.3) is 0 Å². The zero-order chi connectivity index (χ0) is 13.2. The van der Waals surface area contributed by atoms with Crippen LogP contribution in [0.15, 0.2) is 24.3 Å². The molecule has 18 heavy (non-hydrogen) atoms. The predicted octanol–water partition coefficient (Wildman–Crippen LogP) is 3.49. The van der Waals surface area contributed by atoms with Crippen molar-refractivity contribution in [1.29, 1.82) is 0 Å². The summed E-state index contributed by atoms with van der Waals surface area (Å²) in [5.74, 6) is 0. The molecule has 1 unspecified atom stereocenters. The Labute approximate surface area is 111 Å². The Morgan fingerprint density at radius 2 is 1.83 bits per heavy atom. The second kappa shape index (κ2) is 5.31. The summed E-state index contributed by atoms with van der Waals surface area (Å²) >= 11 is 0. The monoisotopic (exact) mass is 246 g/mol. The average Bonchev–Trinajstić information content (AvgIpc) is 2.28. The number of benzene rings is 1. The summed E-state index contributed by atoms with van der Waals surface area (Å²) in [5.41, 5.74) is 2.89. The Bertz CT molecular complexity index is 375. The van der Waals surface area contributed by atoms with Crippen molar-refractivity contribution in [2.24, 2.45) is 0 Å². The van der Waals surface area contributed by atoms with Gasteiger partial charge in [0.1, 0.15) is 0 Å². The zero-order valence-electron chi connectivity index (χ0n) is 12.2. The Morgan fingerprint density at radius 1 is 1.17 bits per heavy atom. The van der Waals surface area contributed by atoms with Gasteiger partial charge in [-0.2, -0.15) is 0 Å². The molecular weight excluding hydrogens is 220 g/mol. The van der Waals surface area contributed by atoms with E-state index in [0.29, 0.717) is 6.04 Å². The number of hydrogen-bond acceptors (Lipinski definition) is 2. The van der Waals surface area contributed by atoms with Crippen molar-refractivity contribution in [1.82, 2.24) is 4.90 Å². The number of nitrogens with zero attached hydrogens (tertiary/aromatic N) is 1. The van der Waals surface area contributed by atoms with Crippen molar-refractivity contribution in [2.75, 3.05) is 25.5 Å². The molecule has 1 atom stereocenters. The summed E-state index contributed by atoms with van der Waals surface area (Å²) in [6.07, 6.45) is 2.58. The third-order valence-corrected chi connectivity index (χ3v) is 3.75. The van der Waals surface area contributed by atoms with E-state index >= 15 is 0 Å². The molecule has 2 rings (SSSR count). The van der Waals surface area contributed by atoms with Crippen LogP contribution in [0.3, 0.4) is 0 Å². The van der Waals surface area contributed by atoms with Gasteiger partial charge in [-0.05, 0) is 49.5 Å². The van der Waals surface area contributed by atoms with Crippen molar-refractivity contribution in [3.63, 3.8) is 0 Å². The van der Waals surface area contributed by atoms with E-state index in [9.17, 15) is 0 Å². The normalized spacial score (nSPS) is 21.9. The molecule has 0 bridgehead atoms. The van der Waals surface area contributed by atoms with Gasteiger partial charge in [0.25, 0.3) is 0 Å². The number of nitrogens with one attached hydrogen (secondary N) is 1. The summed E-state index contributed by atoms with van der Waals surface area (Å²) in [5, 5.41) is 3.65. The number of hydrogen-bond donors (Lipinski definition) is 1. The van der Waals surface area contributed by atoms with Gasteiger partial charge in [-0.15, -0.1) is 0 Å². The maximum atomic E-state index is 3.65. The van der Waals surface area contributed by atoms with Crippen LogP contribution < -0.4 is 5.32 Å². The van der Waals surface area contributed by atoms with Crippen molar-refractivity contribution >= 4 is 5.69 Å². The molecule has 2 heteroatoms. The Balaban J connectivity index is 1.98. The van der Waals surface area contributed by atoms with E-state index in [2.05, 4.69) is 62.3 Å². The van der Waals surface area contributed by atoms with E-state index < -0.39 is 0 Å². The van der Waals surface area contributed by atoms with Crippen LogP contribution in [0.1, 0.15) is 39.2 Å². The Kier molecular flexibility index (Phi) is 3.96.